The minimum atomic E-state index is 0.538. The van der Waals surface area contributed by atoms with Crippen LogP contribution in [0, 0.1) is 0 Å². The highest BCUT2D eigenvalue weighted by Crippen LogP contribution is 2.28. The fourth-order valence-electron chi connectivity index (χ4n) is 1.12. The van der Waals surface area contributed by atoms with Gasteiger partial charge in [-0.25, -0.2) is 4.98 Å². The first-order valence-corrected chi connectivity index (χ1v) is 5.46. The van der Waals surface area contributed by atoms with Gasteiger partial charge in [-0.05, 0) is 18.2 Å². The molecule has 0 aliphatic heterocycles. The summed E-state index contributed by atoms with van der Waals surface area (Å²) in [6.45, 7) is 0. The van der Waals surface area contributed by atoms with Crippen LogP contribution in [0.2, 0.25) is 10.0 Å². The monoisotopic (exact) mass is 244 g/mol. The molecule has 0 spiro atoms. The summed E-state index contributed by atoms with van der Waals surface area (Å²) < 4.78 is 0. The molecule has 1 aromatic carbocycles. The summed E-state index contributed by atoms with van der Waals surface area (Å²) in [5, 5.41) is 3.60. The van der Waals surface area contributed by atoms with E-state index in [0.717, 1.165) is 11.3 Å². The van der Waals surface area contributed by atoms with Crippen molar-refractivity contribution in [3.63, 3.8) is 0 Å². The molecule has 0 atom stereocenters. The van der Waals surface area contributed by atoms with Crippen LogP contribution in [0.1, 0.15) is 0 Å². The molecular weight excluding hydrogens is 239 g/mol. The summed E-state index contributed by atoms with van der Waals surface area (Å²) in [4.78, 5) is 4.14. The number of halogens is 2. The lowest BCUT2D eigenvalue weighted by molar-refractivity contribution is 1.41. The number of aromatic nitrogens is 1. The molecule has 0 bridgehead atoms. The standard InChI is InChI=1S/C9H6Cl2N2S/c10-6-1-5(2-7(11)3-6)8-4-14-9(12)13-8/h1-4H,(H2,12,13). The molecule has 0 saturated carbocycles. The lowest BCUT2D eigenvalue weighted by Crippen LogP contribution is -1.83. The summed E-state index contributed by atoms with van der Waals surface area (Å²) in [7, 11) is 0. The van der Waals surface area contributed by atoms with Gasteiger partial charge in [-0.3, -0.25) is 0 Å². The first-order chi connectivity index (χ1) is 6.65. The van der Waals surface area contributed by atoms with Crippen LogP contribution in [0.15, 0.2) is 23.6 Å². The Hall–Kier alpha value is -0.770. The number of nitrogens with zero attached hydrogens (tertiary/aromatic N) is 1. The van der Waals surface area contributed by atoms with Crippen molar-refractivity contribution in [2.45, 2.75) is 0 Å². The van der Waals surface area contributed by atoms with E-state index in [1.165, 1.54) is 11.3 Å². The second-order valence-electron chi connectivity index (χ2n) is 2.73. The lowest BCUT2D eigenvalue weighted by Gasteiger charge is -1.98. The number of rotatable bonds is 1. The average Bonchev–Trinajstić information content (AvgIpc) is 2.50. The van der Waals surface area contributed by atoms with Crippen molar-refractivity contribution >= 4 is 39.7 Å². The predicted molar refractivity (Wildman–Crippen MR) is 62.0 cm³/mol. The maximum atomic E-state index is 5.87. The van der Waals surface area contributed by atoms with Crippen LogP contribution in [-0.4, -0.2) is 4.98 Å². The third-order valence-electron chi connectivity index (χ3n) is 1.68. The van der Waals surface area contributed by atoms with Gasteiger partial charge in [-0.2, -0.15) is 0 Å². The second kappa shape index (κ2) is 3.77. The van der Waals surface area contributed by atoms with Gasteiger partial charge in [0.1, 0.15) is 0 Å². The third kappa shape index (κ3) is 2.00. The molecule has 0 amide bonds. The average molecular weight is 245 g/mol. The quantitative estimate of drug-likeness (QED) is 0.831. The van der Waals surface area contributed by atoms with E-state index in [1.54, 1.807) is 6.07 Å². The predicted octanol–water partition coefficient (Wildman–Crippen LogP) is 3.70. The van der Waals surface area contributed by atoms with Gasteiger partial charge in [0.25, 0.3) is 0 Å². The summed E-state index contributed by atoms with van der Waals surface area (Å²) in [6, 6.07) is 5.30. The molecule has 2 nitrogen and oxygen atoms in total. The molecule has 0 fully saturated rings. The molecule has 0 aliphatic carbocycles. The van der Waals surface area contributed by atoms with Gasteiger partial charge in [0.05, 0.1) is 5.69 Å². The van der Waals surface area contributed by atoms with E-state index >= 15 is 0 Å². The van der Waals surface area contributed by atoms with Gasteiger partial charge < -0.3 is 5.73 Å². The summed E-state index contributed by atoms with van der Waals surface area (Å²) in [5.74, 6) is 0. The largest absolute Gasteiger partial charge is 0.375 e. The van der Waals surface area contributed by atoms with Crippen LogP contribution in [0.5, 0.6) is 0 Å². The van der Waals surface area contributed by atoms with E-state index in [-0.39, 0.29) is 0 Å². The number of benzene rings is 1. The SMILES string of the molecule is Nc1nc(-c2cc(Cl)cc(Cl)c2)cs1. The van der Waals surface area contributed by atoms with Crippen molar-refractivity contribution in [1.29, 1.82) is 0 Å². The van der Waals surface area contributed by atoms with Crippen LogP contribution >= 0.6 is 34.5 Å². The number of hydrogen-bond acceptors (Lipinski definition) is 3. The zero-order valence-electron chi connectivity index (χ0n) is 7.00. The summed E-state index contributed by atoms with van der Waals surface area (Å²) >= 11 is 13.1. The number of thiazole rings is 1. The second-order valence-corrected chi connectivity index (χ2v) is 4.49. The summed E-state index contributed by atoms with van der Waals surface area (Å²) in [5.41, 5.74) is 7.22. The van der Waals surface area contributed by atoms with Gasteiger partial charge in [-0.1, -0.05) is 23.2 Å². The molecule has 0 unspecified atom stereocenters. The smallest absolute Gasteiger partial charge is 0.180 e. The van der Waals surface area contributed by atoms with Crippen molar-refractivity contribution in [3.8, 4) is 11.3 Å². The van der Waals surface area contributed by atoms with Crippen molar-refractivity contribution < 1.29 is 0 Å². The molecule has 0 aliphatic rings. The van der Waals surface area contributed by atoms with E-state index in [1.807, 2.05) is 17.5 Å². The zero-order chi connectivity index (χ0) is 10.1. The van der Waals surface area contributed by atoms with Crippen LogP contribution in [0.3, 0.4) is 0 Å². The van der Waals surface area contributed by atoms with Gasteiger partial charge in [0.15, 0.2) is 5.13 Å². The van der Waals surface area contributed by atoms with Crippen LogP contribution in [-0.2, 0) is 0 Å². The van der Waals surface area contributed by atoms with E-state index in [9.17, 15) is 0 Å². The molecule has 0 saturated heterocycles. The lowest BCUT2D eigenvalue weighted by atomic mass is 10.2. The Balaban J connectivity index is 2.51. The fraction of sp³-hybridized carbons (Fsp3) is 0. The highest BCUT2D eigenvalue weighted by Gasteiger charge is 2.04. The Morgan fingerprint density at radius 2 is 1.79 bits per heavy atom. The van der Waals surface area contributed by atoms with Crippen LogP contribution < -0.4 is 5.73 Å². The molecule has 2 aromatic rings. The molecule has 1 aromatic heterocycles. The Labute approximate surface area is 95.3 Å². The van der Waals surface area contributed by atoms with Crippen LogP contribution in [0.25, 0.3) is 11.3 Å². The molecule has 14 heavy (non-hydrogen) atoms. The van der Waals surface area contributed by atoms with Gasteiger partial charge in [0, 0.05) is 21.0 Å². The molecule has 1 heterocycles. The van der Waals surface area contributed by atoms with E-state index < -0.39 is 0 Å². The molecular formula is C9H6Cl2N2S. The Morgan fingerprint density at radius 3 is 2.29 bits per heavy atom. The first-order valence-electron chi connectivity index (χ1n) is 3.82. The Kier molecular flexibility index (Phi) is 2.63. The van der Waals surface area contributed by atoms with Gasteiger partial charge >= 0.3 is 0 Å². The Bertz CT molecular complexity index is 447. The zero-order valence-corrected chi connectivity index (χ0v) is 9.33. The Morgan fingerprint density at radius 1 is 1.14 bits per heavy atom. The number of nitrogen functional groups attached to an aromatic ring is 1. The first kappa shape index (κ1) is 9.77. The molecule has 72 valence electrons. The van der Waals surface area contributed by atoms with E-state index in [2.05, 4.69) is 4.98 Å². The summed E-state index contributed by atoms with van der Waals surface area (Å²) in [6.07, 6.45) is 0. The van der Waals surface area contributed by atoms with Crippen LogP contribution in [0.4, 0.5) is 5.13 Å². The number of nitrogens with two attached hydrogens (primary N) is 1. The van der Waals surface area contributed by atoms with Crippen molar-refractivity contribution in [2.75, 3.05) is 5.73 Å². The van der Waals surface area contributed by atoms with E-state index in [0.29, 0.717) is 15.2 Å². The van der Waals surface area contributed by atoms with Gasteiger partial charge in [-0.15, -0.1) is 11.3 Å². The number of hydrogen-bond donors (Lipinski definition) is 1. The highest BCUT2D eigenvalue weighted by molar-refractivity contribution is 7.13. The fourth-order valence-corrected chi connectivity index (χ4v) is 2.22. The minimum Gasteiger partial charge on any atom is -0.375 e. The van der Waals surface area contributed by atoms with E-state index in [4.69, 9.17) is 28.9 Å². The molecule has 2 N–H and O–H groups in total. The number of anilines is 1. The normalized spacial score (nSPS) is 10.4. The van der Waals surface area contributed by atoms with Crippen molar-refractivity contribution in [2.24, 2.45) is 0 Å². The topological polar surface area (TPSA) is 38.9 Å². The maximum absolute atomic E-state index is 5.87. The van der Waals surface area contributed by atoms with Crippen molar-refractivity contribution in [3.05, 3.63) is 33.6 Å². The highest BCUT2D eigenvalue weighted by atomic mass is 35.5. The molecule has 2 rings (SSSR count). The van der Waals surface area contributed by atoms with Gasteiger partial charge in [0.2, 0.25) is 0 Å². The molecule has 5 heteroatoms. The molecule has 0 radical (unpaired) electrons. The van der Waals surface area contributed by atoms with Crippen molar-refractivity contribution in [1.82, 2.24) is 4.98 Å². The minimum absolute atomic E-state index is 0.538. The maximum Gasteiger partial charge on any atom is 0.180 e. The third-order valence-corrected chi connectivity index (χ3v) is 2.79.